The van der Waals surface area contributed by atoms with Crippen LogP contribution < -0.4 is 5.11 Å². The van der Waals surface area contributed by atoms with E-state index in [4.69, 9.17) is 4.42 Å². The molecule has 1 saturated heterocycles. The molecule has 3 rings (SSSR count). The molecule has 0 bridgehead atoms. The molecule has 7 heteroatoms. The van der Waals surface area contributed by atoms with Gasteiger partial charge in [-0.15, -0.1) is 0 Å². The summed E-state index contributed by atoms with van der Waals surface area (Å²) in [5.41, 5.74) is 1.53. The Morgan fingerprint density at radius 3 is 2.68 bits per heavy atom. The maximum absolute atomic E-state index is 12.1. The normalized spacial score (nSPS) is 16.1. The van der Waals surface area contributed by atoms with Crippen molar-refractivity contribution in [3.8, 4) is 11.3 Å². The molecular formula is C18H14NO5S-. The smallest absolute Gasteiger partial charge is 0.293 e. The highest BCUT2D eigenvalue weighted by Gasteiger charge is 2.33. The van der Waals surface area contributed by atoms with Crippen molar-refractivity contribution in [1.29, 1.82) is 0 Å². The minimum atomic E-state index is -1.26. The zero-order valence-corrected chi connectivity index (χ0v) is 14.4. The van der Waals surface area contributed by atoms with Crippen molar-refractivity contribution in [3.63, 3.8) is 0 Å². The fourth-order valence-electron chi connectivity index (χ4n) is 2.49. The van der Waals surface area contributed by atoms with Crippen molar-refractivity contribution in [2.45, 2.75) is 13.8 Å². The molecule has 1 aromatic carbocycles. The molecule has 2 amide bonds. The Balaban J connectivity index is 1.93. The largest absolute Gasteiger partial charge is 0.545 e. The topological polar surface area (TPSA) is 90.7 Å². The van der Waals surface area contributed by atoms with Crippen molar-refractivity contribution >= 4 is 35.0 Å². The molecule has 25 heavy (non-hydrogen) atoms. The highest BCUT2D eigenvalue weighted by molar-refractivity contribution is 8.18. The number of amides is 2. The van der Waals surface area contributed by atoms with Gasteiger partial charge >= 0.3 is 0 Å². The molecule has 128 valence electrons. The van der Waals surface area contributed by atoms with E-state index in [0.717, 1.165) is 22.2 Å². The van der Waals surface area contributed by atoms with Gasteiger partial charge in [-0.25, -0.2) is 0 Å². The van der Waals surface area contributed by atoms with Crippen LogP contribution in [0.3, 0.4) is 0 Å². The number of rotatable bonds is 4. The number of aryl methyl sites for hydroxylation is 1. The summed E-state index contributed by atoms with van der Waals surface area (Å²) in [5.74, 6) is -0.719. The van der Waals surface area contributed by atoms with E-state index in [-0.39, 0.29) is 16.7 Å². The molecule has 0 aliphatic carbocycles. The lowest BCUT2D eigenvalue weighted by molar-refractivity contribution is -0.255. The van der Waals surface area contributed by atoms with Gasteiger partial charge in [0, 0.05) is 18.2 Å². The molecule has 1 fully saturated rings. The summed E-state index contributed by atoms with van der Waals surface area (Å²) in [5, 5.41) is 10.7. The summed E-state index contributed by atoms with van der Waals surface area (Å²) < 4.78 is 5.71. The van der Waals surface area contributed by atoms with Gasteiger partial charge in [-0.05, 0) is 54.9 Å². The third-order valence-electron chi connectivity index (χ3n) is 3.83. The van der Waals surface area contributed by atoms with E-state index < -0.39 is 5.97 Å². The Kier molecular flexibility index (Phi) is 4.50. The van der Waals surface area contributed by atoms with Crippen molar-refractivity contribution in [3.05, 3.63) is 52.1 Å². The van der Waals surface area contributed by atoms with Gasteiger partial charge in [0.05, 0.1) is 10.9 Å². The van der Waals surface area contributed by atoms with E-state index in [1.165, 1.54) is 18.2 Å². The number of thioether (sulfide) groups is 1. The number of carboxylic acids is 1. The fraction of sp³-hybridized carbons (Fsp3) is 0.167. The van der Waals surface area contributed by atoms with Gasteiger partial charge in [0.15, 0.2) is 0 Å². The van der Waals surface area contributed by atoms with Gasteiger partial charge < -0.3 is 14.3 Å². The Labute approximate surface area is 148 Å². The van der Waals surface area contributed by atoms with Gasteiger partial charge in [0.25, 0.3) is 11.1 Å². The second-order valence-electron chi connectivity index (χ2n) is 5.45. The van der Waals surface area contributed by atoms with Crippen LogP contribution in [0.25, 0.3) is 17.4 Å². The lowest BCUT2D eigenvalue weighted by Gasteiger charge is -2.07. The molecule has 0 spiro atoms. The average molecular weight is 356 g/mol. The van der Waals surface area contributed by atoms with Crippen LogP contribution in [0, 0.1) is 6.92 Å². The molecule has 0 radical (unpaired) electrons. The monoisotopic (exact) mass is 356 g/mol. The number of carbonyl (C=O) groups is 3. The Morgan fingerprint density at radius 2 is 2.04 bits per heavy atom. The number of likely N-dealkylation sites (N-methyl/N-ethyl adjacent to an activating group) is 1. The molecule has 6 nitrogen and oxygen atoms in total. The Morgan fingerprint density at radius 1 is 1.28 bits per heavy atom. The maximum Gasteiger partial charge on any atom is 0.293 e. The summed E-state index contributed by atoms with van der Waals surface area (Å²) in [6.07, 6.45) is 1.52. The number of carbonyl (C=O) groups excluding carboxylic acids is 3. The number of furan rings is 1. The quantitative estimate of drug-likeness (QED) is 0.782. The number of carboxylic acid groups (broad SMARTS) is 1. The van der Waals surface area contributed by atoms with E-state index in [1.807, 2.05) is 6.92 Å². The SMILES string of the molecule is CCN1C(=O)S/C(=C/c2ccc(-c3cc(C(=O)[O-])ccc3C)o2)C1=O. The molecule has 0 unspecified atom stereocenters. The molecule has 1 aliphatic rings. The van der Waals surface area contributed by atoms with Crippen LogP contribution in [0.5, 0.6) is 0 Å². The molecule has 2 aromatic rings. The summed E-state index contributed by atoms with van der Waals surface area (Å²) >= 11 is 0.868. The van der Waals surface area contributed by atoms with Crippen molar-refractivity contribution < 1.29 is 23.9 Å². The summed E-state index contributed by atoms with van der Waals surface area (Å²) in [7, 11) is 0. The first-order valence-corrected chi connectivity index (χ1v) is 8.40. The van der Waals surface area contributed by atoms with Gasteiger partial charge in [0.2, 0.25) is 0 Å². The van der Waals surface area contributed by atoms with E-state index in [2.05, 4.69) is 0 Å². The molecule has 0 saturated carbocycles. The summed E-state index contributed by atoms with van der Waals surface area (Å²) in [4.78, 5) is 36.3. The standard InChI is InChI=1S/C18H15NO5S/c1-3-19-16(20)15(25-18(19)23)9-12-6-7-14(24-12)13-8-11(17(21)22)5-4-10(13)2/h4-9H,3H2,1-2H3,(H,21,22)/p-1/b15-9+. The third kappa shape index (κ3) is 3.23. The van der Waals surface area contributed by atoms with Gasteiger partial charge in [-0.3, -0.25) is 14.5 Å². The van der Waals surface area contributed by atoms with E-state index >= 15 is 0 Å². The van der Waals surface area contributed by atoms with Crippen LogP contribution in [0.15, 0.2) is 39.7 Å². The Bertz CT molecular complexity index is 912. The molecule has 0 atom stereocenters. The predicted octanol–water partition coefficient (Wildman–Crippen LogP) is 2.67. The van der Waals surface area contributed by atoms with Crippen molar-refractivity contribution in [2.24, 2.45) is 0 Å². The van der Waals surface area contributed by atoms with Crippen molar-refractivity contribution in [1.82, 2.24) is 4.90 Å². The van der Waals surface area contributed by atoms with Crippen LogP contribution in [-0.4, -0.2) is 28.6 Å². The van der Waals surface area contributed by atoms with Gasteiger partial charge in [-0.2, -0.15) is 0 Å². The van der Waals surface area contributed by atoms with Crippen LogP contribution in [0.4, 0.5) is 4.79 Å². The average Bonchev–Trinajstić information content (AvgIpc) is 3.13. The molecule has 1 aromatic heterocycles. The van der Waals surface area contributed by atoms with Crippen molar-refractivity contribution in [2.75, 3.05) is 6.54 Å². The first-order valence-electron chi connectivity index (χ1n) is 7.58. The highest BCUT2D eigenvalue weighted by Crippen LogP contribution is 2.33. The maximum atomic E-state index is 12.1. The lowest BCUT2D eigenvalue weighted by Crippen LogP contribution is -2.27. The van der Waals surface area contributed by atoms with E-state index in [1.54, 1.807) is 25.1 Å². The van der Waals surface area contributed by atoms with Crippen LogP contribution in [0.1, 0.15) is 28.6 Å². The molecule has 0 N–H and O–H groups in total. The number of nitrogens with zero attached hydrogens (tertiary/aromatic N) is 1. The van der Waals surface area contributed by atoms with Gasteiger partial charge in [0.1, 0.15) is 11.5 Å². The van der Waals surface area contributed by atoms with E-state index in [9.17, 15) is 19.5 Å². The lowest BCUT2D eigenvalue weighted by atomic mass is 10.0. The first-order chi connectivity index (χ1) is 11.9. The zero-order chi connectivity index (χ0) is 18.1. The second-order valence-corrected chi connectivity index (χ2v) is 6.44. The van der Waals surface area contributed by atoms with Crippen LogP contribution in [0.2, 0.25) is 0 Å². The highest BCUT2D eigenvalue weighted by atomic mass is 32.2. The number of benzene rings is 1. The number of aromatic carboxylic acids is 1. The molecule has 2 heterocycles. The number of imide groups is 1. The van der Waals surface area contributed by atoms with E-state index in [0.29, 0.717) is 28.5 Å². The second kappa shape index (κ2) is 6.60. The summed E-state index contributed by atoms with van der Waals surface area (Å²) in [6.45, 7) is 3.89. The van der Waals surface area contributed by atoms with Gasteiger partial charge in [-0.1, -0.05) is 12.1 Å². The third-order valence-corrected chi connectivity index (χ3v) is 4.74. The molecular weight excluding hydrogens is 342 g/mol. The number of hydrogen-bond acceptors (Lipinski definition) is 6. The van der Waals surface area contributed by atoms with Crippen LogP contribution >= 0.6 is 11.8 Å². The Hall–Kier alpha value is -2.80. The fourth-order valence-corrected chi connectivity index (χ4v) is 3.37. The number of hydrogen-bond donors (Lipinski definition) is 0. The molecule has 1 aliphatic heterocycles. The predicted molar refractivity (Wildman–Crippen MR) is 91.6 cm³/mol. The minimum Gasteiger partial charge on any atom is -0.545 e. The van der Waals surface area contributed by atoms with Crippen LogP contribution in [-0.2, 0) is 4.79 Å². The zero-order valence-electron chi connectivity index (χ0n) is 13.6. The summed E-state index contributed by atoms with van der Waals surface area (Å²) in [6, 6.07) is 7.99. The first kappa shape index (κ1) is 17.0. The minimum absolute atomic E-state index is 0.0580.